The van der Waals surface area contributed by atoms with Crippen molar-refractivity contribution in [3.8, 4) is 5.75 Å². The Morgan fingerprint density at radius 1 is 1.19 bits per heavy atom. The molecule has 6 nitrogen and oxygen atoms in total. The van der Waals surface area contributed by atoms with Gasteiger partial charge in [0.2, 0.25) is 0 Å². The molecule has 0 radical (unpaired) electrons. The molecule has 1 atom stereocenters. The molecule has 2 aromatic heterocycles. The van der Waals surface area contributed by atoms with Gasteiger partial charge in [0.25, 0.3) is 5.91 Å². The highest BCUT2D eigenvalue weighted by Gasteiger charge is 2.32. The summed E-state index contributed by atoms with van der Waals surface area (Å²) in [5.41, 5.74) is 0.626. The Kier molecular flexibility index (Phi) is 5.84. The number of carbonyl (C=O) groups is 1. The molecule has 1 unspecified atom stereocenters. The Balaban J connectivity index is 1.48. The number of para-hydroxylation sites is 1. The molecule has 1 amide bonds. The van der Waals surface area contributed by atoms with Crippen molar-refractivity contribution in [2.45, 2.75) is 38.3 Å². The molecule has 1 aromatic carbocycles. The first kappa shape index (κ1) is 21.1. The zero-order chi connectivity index (χ0) is 22.0. The number of ether oxygens (including phenoxy) is 1. The first-order valence-electron chi connectivity index (χ1n) is 10.3. The van der Waals surface area contributed by atoms with Gasteiger partial charge in [-0.05, 0) is 43.0 Å². The highest BCUT2D eigenvalue weighted by Crippen LogP contribution is 2.31. The molecule has 0 spiro atoms. The van der Waals surface area contributed by atoms with Crippen LogP contribution in [0.5, 0.6) is 5.75 Å². The maximum absolute atomic E-state index is 13.1. The second-order valence-corrected chi connectivity index (χ2v) is 7.63. The van der Waals surface area contributed by atoms with E-state index in [0.29, 0.717) is 30.3 Å². The number of hydrogen-bond donors (Lipinski definition) is 0. The second-order valence-electron chi connectivity index (χ2n) is 7.63. The lowest BCUT2D eigenvalue weighted by Gasteiger charge is -2.32. The van der Waals surface area contributed by atoms with Crippen LogP contribution in [0.3, 0.4) is 0 Å². The molecular weight excluding hydrogens is 409 g/mol. The number of benzene rings is 1. The second kappa shape index (κ2) is 8.56. The largest absolute Gasteiger partial charge is 0.483 e. The summed E-state index contributed by atoms with van der Waals surface area (Å²) in [6.07, 6.45) is -1.17. The van der Waals surface area contributed by atoms with Crippen LogP contribution in [0.4, 0.5) is 13.2 Å². The SMILES string of the molecule is CCc1ccccc1OCC(=O)N1CCCC(c2nnc3ccc(C(F)(F)F)cn23)C1. The van der Waals surface area contributed by atoms with Crippen LogP contribution < -0.4 is 4.74 Å². The summed E-state index contributed by atoms with van der Waals surface area (Å²) in [5.74, 6) is 0.783. The molecule has 0 N–H and O–H groups in total. The van der Waals surface area contributed by atoms with Crippen molar-refractivity contribution in [2.75, 3.05) is 19.7 Å². The molecule has 1 aliphatic rings. The van der Waals surface area contributed by atoms with Crippen LogP contribution in [0.25, 0.3) is 5.65 Å². The minimum atomic E-state index is -4.45. The molecule has 9 heteroatoms. The van der Waals surface area contributed by atoms with Crippen molar-refractivity contribution in [1.29, 1.82) is 0 Å². The Bertz CT molecular complexity index is 1080. The first-order valence-corrected chi connectivity index (χ1v) is 10.3. The molecule has 0 bridgehead atoms. The number of carbonyl (C=O) groups excluding carboxylic acids is 1. The summed E-state index contributed by atoms with van der Waals surface area (Å²) in [6, 6.07) is 9.89. The van der Waals surface area contributed by atoms with E-state index in [1.165, 1.54) is 10.5 Å². The third-order valence-electron chi connectivity index (χ3n) is 5.60. The van der Waals surface area contributed by atoms with Crippen molar-refractivity contribution < 1.29 is 22.7 Å². The molecular formula is C22H23F3N4O2. The number of pyridine rings is 1. The fraction of sp³-hybridized carbons (Fsp3) is 0.409. The Hall–Kier alpha value is -3.10. The lowest BCUT2D eigenvalue weighted by atomic mass is 9.97. The molecule has 3 aromatic rings. The van der Waals surface area contributed by atoms with E-state index in [1.54, 1.807) is 4.90 Å². The number of piperidine rings is 1. The standard InChI is InChI=1S/C22H23F3N4O2/c1-2-15-6-3-4-8-18(15)31-14-20(30)28-11-5-7-16(12-28)21-27-26-19-10-9-17(13-29(19)21)22(23,24)25/h3-4,6,8-10,13,16H,2,5,7,11-12,14H2,1H3. The van der Waals surface area contributed by atoms with Gasteiger partial charge in [-0.15, -0.1) is 10.2 Å². The average Bonchev–Trinajstić information content (AvgIpc) is 3.20. The Morgan fingerprint density at radius 2 is 2.00 bits per heavy atom. The summed E-state index contributed by atoms with van der Waals surface area (Å²) in [7, 11) is 0. The lowest BCUT2D eigenvalue weighted by Crippen LogP contribution is -2.42. The van der Waals surface area contributed by atoms with Gasteiger partial charge in [-0.25, -0.2) is 0 Å². The molecule has 164 valence electrons. The topological polar surface area (TPSA) is 59.7 Å². The van der Waals surface area contributed by atoms with Gasteiger partial charge in [0.1, 0.15) is 11.6 Å². The molecule has 31 heavy (non-hydrogen) atoms. The van der Waals surface area contributed by atoms with Crippen LogP contribution in [0.1, 0.15) is 42.6 Å². The van der Waals surface area contributed by atoms with E-state index in [9.17, 15) is 18.0 Å². The number of fused-ring (bicyclic) bond motifs is 1. The van der Waals surface area contributed by atoms with Crippen LogP contribution in [-0.2, 0) is 17.4 Å². The quantitative estimate of drug-likeness (QED) is 0.609. The minimum Gasteiger partial charge on any atom is -0.483 e. The van der Waals surface area contributed by atoms with E-state index in [2.05, 4.69) is 10.2 Å². The number of rotatable bonds is 5. The molecule has 1 fully saturated rings. The predicted octanol–water partition coefficient (Wildman–Crippen LogP) is 4.10. The van der Waals surface area contributed by atoms with E-state index in [4.69, 9.17) is 4.74 Å². The Morgan fingerprint density at radius 3 is 2.77 bits per heavy atom. The van der Waals surface area contributed by atoms with E-state index < -0.39 is 11.7 Å². The first-order chi connectivity index (χ1) is 14.9. The molecule has 1 saturated heterocycles. The van der Waals surface area contributed by atoms with Gasteiger partial charge in [0.15, 0.2) is 12.3 Å². The zero-order valence-corrected chi connectivity index (χ0v) is 17.1. The number of halogens is 3. The predicted molar refractivity (Wildman–Crippen MR) is 108 cm³/mol. The molecule has 1 aliphatic heterocycles. The third-order valence-corrected chi connectivity index (χ3v) is 5.60. The van der Waals surface area contributed by atoms with Gasteiger partial charge >= 0.3 is 6.18 Å². The third kappa shape index (κ3) is 4.50. The number of alkyl halides is 3. The van der Waals surface area contributed by atoms with Crippen LogP contribution in [0.15, 0.2) is 42.6 Å². The molecule has 4 rings (SSSR count). The van der Waals surface area contributed by atoms with Crippen molar-refractivity contribution >= 4 is 11.6 Å². The number of likely N-dealkylation sites (tertiary alicyclic amines) is 1. The highest BCUT2D eigenvalue weighted by molar-refractivity contribution is 5.78. The summed E-state index contributed by atoms with van der Waals surface area (Å²) < 4.78 is 46.5. The van der Waals surface area contributed by atoms with Crippen molar-refractivity contribution in [1.82, 2.24) is 19.5 Å². The zero-order valence-electron chi connectivity index (χ0n) is 17.1. The van der Waals surface area contributed by atoms with E-state index in [0.717, 1.165) is 37.1 Å². The molecule has 3 heterocycles. The van der Waals surface area contributed by atoms with Gasteiger partial charge in [-0.1, -0.05) is 25.1 Å². The number of amides is 1. The van der Waals surface area contributed by atoms with E-state index >= 15 is 0 Å². The number of nitrogens with zero attached hydrogens (tertiary/aromatic N) is 4. The molecule has 0 aliphatic carbocycles. The summed E-state index contributed by atoms with van der Waals surface area (Å²) >= 11 is 0. The van der Waals surface area contributed by atoms with Crippen LogP contribution in [0, 0.1) is 0 Å². The number of hydrogen-bond acceptors (Lipinski definition) is 4. The maximum Gasteiger partial charge on any atom is 0.417 e. The van der Waals surface area contributed by atoms with Gasteiger partial charge < -0.3 is 9.64 Å². The lowest BCUT2D eigenvalue weighted by molar-refractivity contribution is -0.138. The van der Waals surface area contributed by atoms with Crippen molar-refractivity contribution in [2.24, 2.45) is 0 Å². The van der Waals surface area contributed by atoms with Gasteiger partial charge in [-0.2, -0.15) is 13.2 Å². The van der Waals surface area contributed by atoms with Gasteiger partial charge in [0, 0.05) is 25.2 Å². The highest BCUT2D eigenvalue weighted by atomic mass is 19.4. The Labute approximate surface area is 177 Å². The van der Waals surface area contributed by atoms with E-state index in [1.807, 2.05) is 31.2 Å². The van der Waals surface area contributed by atoms with Crippen LogP contribution in [0.2, 0.25) is 0 Å². The number of aromatic nitrogens is 3. The van der Waals surface area contributed by atoms with E-state index in [-0.39, 0.29) is 18.4 Å². The van der Waals surface area contributed by atoms with Gasteiger partial charge in [0.05, 0.1) is 5.56 Å². The number of aryl methyl sites for hydroxylation is 1. The summed E-state index contributed by atoms with van der Waals surface area (Å²) in [6.45, 7) is 2.89. The maximum atomic E-state index is 13.1. The minimum absolute atomic E-state index is 0.0808. The van der Waals surface area contributed by atoms with Crippen molar-refractivity contribution in [3.05, 3.63) is 59.5 Å². The molecule has 0 saturated carbocycles. The summed E-state index contributed by atoms with van der Waals surface area (Å²) in [4.78, 5) is 14.4. The average molecular weight is 432 g/mol. The fourth-order valence-electron chi connectivity index (χ4n) is 3.94. The smallest absolute Gasteiger partial charge is 0.417 e. The van der Waals surface area contributed by atoms with Crippen LogP contribution >= 0.6 is 0 Å². The normalized spacial score (nSPS) is 17.2. The van der Waals surface area contributed by atoms with Crippen LogP contribution in [-0.4, -0.2) is 45.1 Å². The fourth-order valence-corrected chi connectivity index (χ4v) is 3.94. The van der Waals surface area contributed by atoms with Gasteiger partial charge in [-0.3, -0.25) is 9.20 Å². The summed E-state index contributed by atoms with van der Waals surface area (Å²) in [5, 5.41) is 8.13. The monoisotopic (exact) mass is 432 g/mol. The van der Waals surface area contributed by atoms with Crippen molar-refractivity contribution in [3.63, 3.8) is 0 Å².